The molecule has 1 atom stereocenters. The first-order chi connectivity index (χ1) is 8.98. The van der Waals surface area contributed by atoms with Crippen LogP contribution in [0.1, 0.15) is 20.3 Å². The van der Waals surface area contributed by atoms with Gasteiger partial charge < -0.3 is 10.5 Å². The van der Waals surface area contributed by atoms with Crippen molar-refractivity contribution in [2.24, 2.45) is 0 Å². The fourth-order valence-corrected chi connectivity index (χ4v) is 2.53. The van der Waals surface area contributed by atoms with E-state index in [1.165, 1.54) is 18.4 Å². The number of thiazole rings is 1. The van der Waals surface area contributed by atoms with E-state index >= 15 is 0 Å². The molecule has 0 bridgehead atoms. The van der Waals surface area contributed by atoms with Gasteiger partial charge >= 0.3 is 0 Å². The molecule has 0 aliphatic rings. The van der Waals surface area contributed by atoms with Crippen molar-refractivity contribution >= 4 is 38.3 Å². The molecule has 2 aromatic rings. The number of benzene rings is 1. The van der Waals surface area contributed by atoms with Crippen molar-refractivity contribution in [3.8, 4) is 0 Å². The number of hydrogen-bond acceptors (Lipinski definition) is 5. The van der Waals surface area contributed by atoms with Crippen molar-refractivity contribution in [1.29, 1.82) is 0 Å². The average Bonchev–Trinajstić information content (AvgIpc) is 2.78. The summed E-state index contributed by atoms with van der Waals surface area (Å²) in [6, 6.07) is 5.48. The Morgan fingerprint density at radius 1 is 1.58 bits per heavy atom. The average molecular weight is 279 g/mol. The lowest BCUT2D eigenvalue weighted by Crippen LogP contribution is -2.41. The number of nitrogens with two attached hydrogens (primary N) is 1. The van der Waals surface area contributed by atoms with Gasteiger partial charge in [0.2, 0.25) is 0 Å². The predicted octanol–water partition coefficient (Wildman–Crippen LogP) is 2.63. The van der Waals surface area contributed by atoms with E-state index in [-0.39, 0.29) is 5.91 Å². The van der Waals surface area contributed by atoms with E-state index in [1.807, 2.05) is 19.1 Å². The number of fused-ring (bicyclic) bond motifs is 1. The molecule has 19 heavy (non-hydrogen) atoms. The lowest BCUT2D eigenvalue weighted by atomic mass is 10.0. The highest BCUT2D eigenvalue weighted by molar-refractivity contribution is 7.22. The zero-order valence-corrected chi connectivity index (χ0v) is 12.0. The van der Waals surface area contributed by atoms with E-state index in [4.69, 9.17) is 10.5 Å². The zero-order chi connectivity index (χ0) is 14.0. The summed E-state index contributed by atoms with van der Waals surface area (Å²) in [4.78, 5) is 16.5. The van der Waals surface area contributed by atoms with Gasteiger partial charge in [-0.25, -0.2) is 4.98 Å². The number of methoxy groups -OCH3 is 1. The summed E-state index contributed by atoms with van der Waals surface area (Å²) in [7, 11) is 1.53. The van der Waals surface area contributed by atoms with Crippen LogP contribution in [0.5, 0.6) is 0 Å². The van der Waals surface area contributed by atoms with Crippen LogP contribution >= 0.6 is 11.3 Å². The van der Waals surface area contributed by atoms with Crippen LogP contribution in [0.4, 0.5) is 10.8 Å². The molecule has 1 amide bonds. The monoisotopic (exact) mass is 279 g/mol. The first-order valence-electron chi connectivity index (χ1n) is 6.01. The summed E-state index contributed by atoms with van der Waals surface area (Å²) in [5.74, 6) is -0.190. The topological polar surface area (TPSA) is 77.2 Å². The molecule has 1 unspecified atom stereocenters. The fraction of sp³-hybridized carbons (Fsp3) is 0.385. The molecule has 5 nitrogen and oxygen atoms in total. The Labute approximate surface area is 115 Å². The Kier molecular flexibility index (Phi) is 3.73. The van der Waals surface area contributed by atoms with Crippen LogP contribution in [0.2, 0.25) is 0 Å². The molecule has 2 rings (SSSR count). The number of carbonyl (C=O) groups excluding carboxylic acids is 1. The standard InChI is InChI=1S/C13H17N3O2S/c1-4-13(2,18-3)11(17)16-12-15-9-6-5-8(14)7-10(9)19-12/h5-7H,4,14H2,1-3H3,(H,15,16,17). The summed E-state index contributed by atoms with van der Waals surface area (Å²) >= 11 is 1.40. The molecule has 0 fully saturated rings. The van der Waals surface area contributed by atoms with E-state index in [9.17, 15) is 4.79 Å². The van der Waals surface area contributed by atoms with Crippen LogP contribution in [0.3, 0.4) is 0 Å². The number of nitrogens with zero attached hydrogens (tertiary/aromatic N) is 1. The molecule has 0 aliphatic carbocycles. The third kappa shape index (κ3) is 2.69. The van der Waals surface area contributed by atoms with Gasteiger partial charge in [0, 0.05) is 12.8 Å². The molecule has 102 valence electrons. The molecular weight excluding hydrogens is 262 g/mol. The van der Waals surface area contributed by atoms with Crippen molar-refractivity contribution in [3.63, 3.8) is 0 Å². The molecule has 1 aromatic carbocycles. The Hall–Kier alpha value is -1.66. The minimum atomic E-state index is -0.836. The number of hydrogen-bond donors (Lipinski definition) is 2. The lowest BCUT2D eigenvalue weighted by molar-refractivity contribution is -0.136. The predicted molar refractivity (Wildman–Crippen MR) is 78.4 cm³/mol. The van der Waals surface area contributed by atoms with Crippen molar-refractivity contribution in [2.45, 2.75) is 25.9 Å². The van der Waals surface area contributed by atoms with Crippen molar-refractivity contribution in [1.82, 2.24) is 4.98 Å². The number of aromatic nitrogens is 1. The molecule has 3 N–H and O–H groups in total. The highest BCUT2D eigenvalue weighted by Gasteiger charge is 2.31. The number of rotatable bonds is 4. The van der Waals surface area contributed by atoms with Crippen molar-refractivity contribution < 1.29 is 9.53 Å². The van der Waals surface area contributed by atoms with Gasteiger partial charge in [-0.05, 0) is 31.5 Å². The highest BCUT2D eigenvalue weighted by Crippen LogP contribution is 2.28. The maximum Gasteiger partial charge on any atom is 0.258 e. The van der Waals surface area contributed by atoms with Gasteiger partial charge in [0.15, 0.2) is 5.13 Å². The maximum atomic E-state index is 12.1. The molecule has 0 spiro atoms. The molecule has 6 heteroatoms. The fourth-order valence-electron chi connectivity index (χ4n) is 1.62. The third-order valence-electron chi connectivity index (χ3n) is 3.24. The summed E-state index contributed by atoms with van der Waals surface area (Å²) < 4.78 is 6.21. The normalized spacial score (nSPS) is 14.3. The highest BCUT2D eigenvalue weighted by atomic mass is 32.1. The summed E-state index contributed by atoms with van der Waals surface area (Å²) in [5, 5.41) is 3.35. The van der Waals surface area contributed by atoms with Gasteiger partial charge in [0.25, 0.3) is 5.91 Å². The SMILES string of the molecule is CCC(C)(OC)C(=O)Nc1nc2ccc(N)cc2s1. The molecule has 1 aromatic heterocycles. The van der Waals surface area contributed by atoms with Gasteiger partial charge in [-0.15, -0.1) is 0 Å². The van der Waals surface area contributed by atoms with E-state index in [2.05, 4.69) is 10.3 Å². The van der Waals surface area contributed by atoms with E-state index in [1.54, 1.807) is 13.0 Å². The van der Waals surface area contributed by atoms with Crippen LogP contribution in [0.15, 0.2) is 18.2 Å². The summed E-state index contributed by atoms with van der Waals surface area (Å²) in [5.41, 5.74) is 6.39. The number of carbonyl (C=O) groups is 1. The Balaban J connectivity index is 2.24. The van der Waals surface area contributed by atoms with Gasteiger partial charge in [-0.1, -0.05) is 18.3 Å². The van der Waals surface area contributed by atoms with Crippen LogP contribution in [0.25, 0.3) is 10.2 Å². The second-order valence-electron chi connectivity index (χ2n) is 4.49. The number of ether oxygens (including phenoxy) is 1. The summed E-state index contributed by atoms with van der Waals surface area (Å²) in [6.45, 7) is 3.66. The van der Waals surface area contributed by atoms with Gasteiger partial charge in [0.1, 0.15) is 5.60 Å². The van der Waals surface area contributed by atoms with E-state index in [0.29, 0.717) is 17.2 Å². The molecule has 0 radical (unpaired) electrons. The van der Waals surface area contributed by atoms with E-state index < -0.39 is 5.60 Å². The van der Waals surface area contributed by atoms with Gasteiger partial charge in [-0.2, -0.15) is 0 Å². The third-order valence-corrected chi connectivity index (χ3v) is 4.17. The molecular formula is C13H17N3O2S. The maximum absolute atomic E-state index is 12.1. The van der Waals surface area contributed by atoms with E-state index in [0.717, 1.165) is 10.2 Å². The Morgan fingerprint density at radius 2 is 2.32 bits per heavy atom. The van der Waals surface area contributed by atoms with Crippen LogP contribution < -0.4 is 11.1 Å². The Morgan fingerprint density at radius 3 is 2.95 bits per heavy atom. The van der Waals surface area contributed by atoms with Crippen molar-refractivity contribution in [3.05, 3.63) is 18.2 Å². The molecule has 0 saturated heterocycles. The van der Waals surface area contributed by atoms with Gasteiger partial charge in [-0.3, -0.25) is 10.1 Å². The van der Waals surface area contributed by atoms with Crippen LogP contribution in [0, 0.1) is 0 Å². The van der Waals surface area contributed by atoms with Gasteiger partial charge in [0.05, 0.1) is 10.2 Å². The quantitative estimate of drug-likeness (QED) is 0.843. The van der Waals surface area contributed by atoms with Crippen molar-refractivity contribution in [2.75, 3.05) is 18.2 Å². The smallest absolute Gasteiger partial charge is 0.258 e. The molecule has 0 saturated carbocycles. The Bertz CT molecular complexity index is 605. The first-order valence-corrected chi connectivity index (χ1v) is 6.83. The second-order valence-corrected chi connectivity index (χ2v) is 5.52. The largest absolute Gasteiger partial charge is 0.399 e. The number of nitrogen functional groups attached to an aromatic ring is 1. The number of anilines is 2. The minimum Gasteiger partial charge on any atom is -0.399 e. The molecule has 0 aliphatic heterocycles. The zero-order valence-electron chi connectivity index (χ0n) is 11.2. The van der Waals surface area contributed by atoms with Crippen LogP contribution in [-0.4, -0.2) is 23.6 Å². The minimum absolute atomic E-state index is 0.190. The lowest BCUT2D eigenvalue weighted by Gasteiger charge is -2.24. The first kappa shape index (κ1) is 13.8. The second kappa shape index (κ2) is 5.14. The number of amides is 1. The van der Waals surface area contributed by atoms with Crippen LogP contribution in [-0.2, 0) is 9.53 Å². The molecule has 1 heterocycles. The summed E-state index contributed by atoms with van der Waals surface area (Å²) in [6.07, 6.45) is 0.590. The number of nitrogens with one attached hydrogen (secondary N) is 1.